The summed E-state index contributed by atoms with van der Waals surface area (Å²) >= 11 is 0. The zero-order valence-electron chi connectivity index (χ0n) is 8.10. The largest absolute Gasteiger partial charge is 0.378 e. The van der Waals surface area contributed by atoms with E-state index in [2.05, 4.69) is 50.0 Å². The molecule has 11 heavy (non-hydrogen) atoms. The fraction of sp³-hybridized carbons (Fsp3) is 0.556. The Morgan fingerprint density at radius 3 is 1.91 bits per heavy atom. The lowest BCUT2D eigenvalue weighted by Gasteiger charge is -2.20. The lowest BCUT2D eigenvalue weighted by Crippen LogP contribution is -2.32. The fourth-order valence-corrected chi connectivity index (χ4v) is 3.18. The van der Waals surface area contributed by atoms with Crippen molar-refractivity contribution in [2.24, 2.45) is 0 Å². The van der Waals surface area contributed by atoms with E-state index in [1.54, 1.807) is 0 Å². The molecule has 0 saturated heterocycles. The monoisotopic (exact) mass is 167 g/mol. The highest BCUT2D eigenvalue weighted by molar-refractivity contribution is 6.74. The van der Waals surface area contributed by atoms with Crippen LogP contribution in [0.25, 0.3) is 0 Å². The summed E-state index contributed by atoms with van der Waals surface area (Å²) in [5.74, 6) is 0. The van der Waals surface area contributed by atoms with Crippen LogP contribution < -0.4 is 0 Å². The second-order valence-corrected chi connectivity index (χ2v) is 9.02. The lowest BCUT2D eigenvalue weighted by atomic mass is 10.4. The second-order valence-electron chi connectivity index (χ2n) is 4.20. The Morgan fingerprint density at radius 1 is 1.18 bits per heavy atom. The summed E-state index contributed by atoms with van der Waals surface area (Å²) in [4.78, 5) is 0. The molecule has 1 nitrogen and oxygen atoms in total. The van der Waals surface area contributed by atoms with Gasteiger partial charge in [0.05, 0.1) is 0 Å². The summed E-state index contributed by atoms with van der Waals surface area (Å²) in [6, 6.07) is 2.25. The summed E-state index contributed by atoms with van der Waals surface area (Å²) < 4.78 is 2.45. The van der Waals surface area contributed by atoms with Gasteiger partial charge in [-0.25, -0.2) is 0 Å². The van der Waals surface area contributed by atoms with Crippen molar-refractivity contribution < 1.29 is 0 Å². The summed E-state index contributed by atoms with van der Waals surface area (Å²) in [7, 11) is -1.14. The minimum atomic E-state index is -1.14. The van der Waals surface area contributed by atoms with Crippen molar-refractivity contribution in [3.05, 3.63) is 23.5 Å². The van der Waals surface area contributed by atoms with Crippen molar-refractivity contribution >= 4 is 8.24 Å². The van der Waals surface area contributed by atoms with Gasteiger partial charge in [-0.05, 0) is 31.7 Å². The predicted octanol–water partition coefficient (Wildman–Crippen LogP) is 2.79. The normalized spacial score (nSPS) is 12.1. The SMILES string of the molecule is Cc1cc(C)n([Si](C)(C)C)c1. The third-order valence-electron chi connectivity index (χ3n) is 1.87. The van der Waals surface area contributed by atoms with Crippen LogP contribution in [0, 0.1) is 13.8 Å². The Balaban J connectivity index is 3.13. The summed E-state index contributed by atoms with van der Waals surface area (Å²) in [5.41, 5.74) is 2.78. The van der Waals surface area contributed by atoms with Crippen LogP contribution in [0.3, 0.4) is 0 Å². The molecule has 2 heteroatoms. The highest BCUT2D eigenvalue weighted by atomic mass is 28.3. The Bertz CT molecular complexity index is 255. The van der Waals surface area contributed by atoms with Crippen molar-refractivity contribution in [1.29, 1.82) is 0 Å². The van der Waals surface area contributed by atoms with E-state index in [1.807, 2.05) is 0 Å². The quantitative estimate of drug-likeness (QED) is 0.567. The van der Waals surface area contributed by atoms with Crippen molar-refractivity contribution in [2.45, 2.75) is 33.5 Å². The molecule has 0 spiro atoms. The molecular formula is C9H17NSi. The van der Waals surface area contributed by atoms with Gasteiger partial charge in [0.1, 0.15) is 0 Å². The van der Waals surface area contributed by atoms with Crippen molar-refractivity contribution in [3.8, 4) is 0 Å². The molecule has 0 bridgehead atoms. The standard InChI is InChI=1S/C9H17NSi/c1-8-6-9(2)10(7-8)11(3,4)5/h6-7H,1-5H3. The average molecular weight is 167 g/mol. The van der Waals surface area contributed by atoms with Gasteiger partial charge in [-0.3, -0.25) is 0 Å². The van der Waals surface area contributed by atoms with E-state index in [0.29, 0.717) is 0 Å². The number of aromatic nitrogens is 1. The van der Waals surface area contributed by atoms with Crippen LogP contribution in [0.2, 0.25) is 19.6 Å². The summed E-state index contributed by atoms with van der Waals surface area (Å²) in [5, 5.41) is 0. The highest BCUT2D eigenvalue weighted by Crippen LogP contribution is 2.13. The van der Waals surface area contributed by atoms with Crippen molar-refractivity contribution in [3.63, 3.8) is 0 Å². The lowest BCUT2D eigenvalue weighted by molar-refractivity contribution is 1.07. The van der Waals surface area contributed by atoms with E-state index in [9.17, 15) is 0 Å². The molecule has 0 aliphatic rings. The van der Waals surface area contributed by atoms with Gasteiger partial charge >= 0.3 is 0 Å². The predicted molar refractivity (Wildman–Crippen MR) is 52.7 cm³/mol. The molecule has 1 rings (SSSR count). The van der Waals surface area contributed by atoms with Crippen LogP contribution in [0.1, 0.15) is 11.3 Å². The van der Waals surface area contributed by atoms with Gasteiger partial charge in [0.2, 0.25) is 0 Å². The Morgan fingerprint density at radius 2 is 1.73 bits per heavy atom. The maximum absolute atomic E-state index is 2.45. The van der Waals surface area contributed by atoms with Crippen LogP contribution in [0.5, 0.6) is 0 Å². The van der Waals surface area contributed by atoms with Gasteiger partial charge in [0, 0.05) is 5.69 Å². The summed E-state index contributed by atoms with van der Waals surface area (Å²) in [6.07, 6.45) is 2.27. The molecule has 0 aliphatic carbocycles. The molecule has 0 fully saturated rings. The van der Waals surface area contributed by atoms with Crippen molar-refractivity contribution in [2.75, 3.05) is 0 Å². The molecule has 0 unspecified atom stereocenters. The number of hydrogen-bond acceptors (Lipinski definition) is 0. The molecule has 62 valence electrons. The number of rotatable bonds is 1. The van der Waals surface area contributed by atoms with E-state index in [0.717, 1.165) is 0 Å². The van der Waals surface area contributed by atoms with Gasteiger partial charge in [0.15, 0.2) is 8.24 Å². The molecule has 0 radical (unpaired) electrons. The zero-order valence-corrected chi connectivity index (χ0v) is 9.10. The number of nitrogens with zero attached hydrogens (tertiary/aromatic N) is 1. The fourth-order valence-electron chi connectivity index (χ4n) is 1.46. The molecule has 1 heterocycles. The molecule has 1 aromatic heterocycles. The molecule has 0 atom stereocenters. The van der Waals surface area contributed by atoms with E-state index in [1.165, 1.54) is 11.3 Å². The number of aryl methyl sites for hydroxylation is 2. The first-order chi connectivity index (χ1) is 4.91. The van der Waals surface area contributed by atoms with Crippen LogP contribution >= 0.6 is 0 Å². The van der Waals surface area contributed by atoms with Gasteiger partial charge in [-0.15, -0.1) is 0 Å². The van der Waals surface area contributed by atoms with Gasteiger partial charge < -0.3 is 4.23 Å². The van der Waals surface area contributed by atoms with Crippen LogP contribution in [-0.2, 0) is 0 Å². The third kappa shape index (κ3) is 1.74. The number of hydrogen-bond donors (Lipinski definition) is 0. The Hall–Kier alpha value is -0.503. The maximum atomic E-state index is 2.45. The van der Waals surface area contributed by atoms with E-state index in [-0.39, 0.29) is 0 Å². The van der Waals surface area contributed by atoms with Crippen LogP contribution in [0.4, 0.5) is 0 Å². The molecule has 0 saturated carbocycles. The van der Waals surface area contributed by atoms with Crippen LogP contribution in [0.15, 0.2) is 12.3 Å². The highest BCUT2D eigenvalue weighted by Gasteiger charge is 2.17. The first kappa shape index (κ1) is 8.59. The third-order valence-corrected chi connectivity index (χ3v) is 3.80. The van der Waals surface area contributed by atoms with Gasteiger partial charge in [-0.2, -0.15) is 0 Å². The maximum Gasteiger partial charge on any atom is 0.152 e. The van der Waals surface area contributed by atoms with E-state index >= 15 is 0 Å². The molecule has 1 aromatic rings. The topological polar surface area (TPSA) is 4.93 Å². The minimum Gasteiger partial charge on any atom is -0.378 e. The molecular weight excluding hydrogens is 150 g/mol. The first-order valence-corrected chi connectivity index (χ1v) is 7.52. The smallest absolute Gasteiger partial charge is 0.152 e. The van der Waals surface area contributed by atoms with Gasteiger partial charge in [0.25, 0.3) is 0 Å². The van der Waals surface area contributed by atoms with Gasteiger partial charge in [-0.1, -0.05) is 19.6 Å². The van der Waals surface area contributed by atoms with E-state index in [4.69, 9.17) is 0 Å². The molecule has 0 amide bonds. The molecule has 0 N–H and O–H groups in total. The van der Waals surface area contributed by atoms with Crippen molar-refractivity contribution in [1.82, 2.24) is 4.23 Å². The average Bonchev–Trinajstić information content (AvgIpc) is 2.08. The molecule has 0 aliphatic heterocycles. The zero-order chi connectivity index (χ0) is 8.65. The van der Waals surface area contributed by atoms with Crippen LogP contribution in [-0.4, -0.2) is 12.5 Å². The minimum absolute atomic E-state index is 1.14. The first-order valence-electron chi connectivity index (χ1n) is 4.07. The Kier molecular flexibility index (Phi) is 1.97. The summed E-state index contributed by atoms with van der Waals surface area (Å²) in [6.45, 7) is 11.4. The van der Waals surface area contributed by atoms with E-state index < -0.39 is 8.24 Å². The molecule has 0 aromatic carbocycles. The Labute approximate surface area is 70.1 Å². The second kappa shape index (κ2) is 2.52.